The van der Waals surface area contributed by atoms with E-state index in [-0.39, 0.29) is 4.90 Å². The molecule has 8 heteroatoms. The zero-order chi connectivity index (χ0) is 18.3. The molecule has 25 heavy (non-hydrogen) atoms. The van der Waals surface area contributed by atoms with Gasteiger partial charge in [0.15, 0.2) is 0 Å². The van der Waals surface area contributed by atoms with Crippen molar-refractivity contribution in [3.05, 3.63) is 48.2 Å². The summed E-state index contributed by atoms with van der Waals surface area (Å²) in [7, 11) is -1.88. The second kappa shape index (κ2) is 8.59. The molecule has 2 aromatic rings. The number of benzene rings is 1. The third kappa shape index (κ3) is 4.77. The van der Waals surface area contributed by atoms with Crippen LogP contribution in [-0.4, -0.2) is 44.1 Å². The van der Waals surface area contributed by atoms with E-state index in [2.05, 4.69) is 15.5 Å². The Morgan fingerprint density at radius 3 is 2.36 bits per heavy atom. The molecule has 0 saturated carbocycles. The standard InChI is InChI=1S/C17H22N4O3S/c1-4-21(5-2)25(22,23)16-10-11-17(18-13-16)20-19-12-14-6-8-15(24-3)9-7-14/h6-13H,4-5H2,1-3H3,(H,18,20)/b19-12+. The molecule has 0 amide bonds. The monoisotopic (exact) mass is 362 g/mol. The highest BCUT2D eigenvalue weighted by Gasteiger charge is 2.21. The number of anilines is 1. The minimum atomic E-state index is -3.50. The van der Waals surface area contributed by atoms with Crippen LogP contribution in [0.25, 0.3) is 0 Å². The van der Waals surface area contributed by atoms with E-state index in [0.29, 0.717) is 18.9 Å². The Morgan fingerprint density at radius 2 is 1.84 bits per heavy atom. The number of methoxy groups -OCH3 is 1. The number of nitrogens with one attached hydrogen (secondary N) is 1. The van der Waals surface area contributed by atoms with Crippen molar-refractivity contribution < 1.29 is 13.2 Å². The molecule has 0 aliphatic carbocycles. The third-order valence-corrected chi connectivity index (χ3v) is 5.62. The molecule has 0 saturated heterocycles. The third-order valence-electron chi connectivity index (χ3n) is 3.59. The SMILES string of the molecule is CCN(CC)S(=O)(=O)c1ccc(N/N=C/c2ccc(OC)cc2)nc1. The number of hydrazone groups is 1. The molecule has 0 spiro atoms. The van der Waals surface area contributed by atoms with Crippen molar-refractivity contribution in [3.8, 4) is 5.75 Å². The fourth-order valence-corrected chi connectivity index (χ4v) is 3.58. The maximum absolute atomic E-state index is 12.4. The van der Waals surface area contributed by atoms with Gasteiger partial charge in [0, 0.05) is 19.3 Å². The quantitative estimate of drug-likeness (QED) is 0.576. The lowest BCUT2D eigenvalue weighted by Gasteiger charge is -2.18. The Balaban J connectivity index is 2.03. The van der Waals surface area contributed by atoms with Crippen molar-refractivity contribution in [3.63, 3.8) is 0 Å². The predicted octanol–water partition coefficient (Wildman–Crippen LogP) is 2.57. The molecule has 1 heterocycles. The van der Waals surface area contributed by atoms with Crippen LogP contribution < -0.4 is 10.2 Å². The number of rotatable bonds is 8. The second-order valence-electron chi connectivity index (χ2n) is 5.11. The highest BCUT2D eigenvalue weighted by molar-refractivity contribution is 7.89. The Bertz CT molecular complexity index is 799. The lowest BCUT2D eigenvalue weighted by molar-refractivity contribution is 0.415. The number of aromatic nitrogens is 1. The Labute approximate surface area is 148 Å². The van der Waals surface area contributed by atoms with E-state index >= 15 is 0 Å². The van der Waals surface area contributed by atoms with Crippen LogP contribution in [0.3, 0.4) is 0 Å². The maximum Gasteiger partial charge on any atom is 0.244 e. The molecular formula is C17H22N4O3S. The van der Waals surface area contributed by atoms with Gasteiger partial charge in [-0.2, -0.15) is 9.41 Å². The summed E-state index contributed by atoms with van der Waals surface area (Å²) >= 11 is 0. The fraction of sp³-hybridized carbons (Fsp3) is 0.294. The molecule has 0 aliphatic rings. The van der Waals surface area contributed by atoms with Crippen LogP contribution in [0.4, 0.5) is 5.82 Å². The van der Waals surface area contributed by atoms with E-state index in [9.17, 15) is 8.42 Å². The number of ether oxygens (including phenoxy) is 1. The molecule has 0 fully saturated rings. The van der Waals surface area contributed by atoms with E-state index in [0.717, 1.165) is 11.3 Å². The minimum Gasteiger partial charge on any atom is -0.497 e. The van der Waals surface area contributed by atoms with Crippen LogP contribution in [0.5, 0.6) is 5.75 Å². The number of hydrogen-bond acceptors (Lipinski definition) is 6. The Morgan fingerprint density at radius 1 is 1.16 bits per heavy atom. The minimum absolute atomic E-state index is 0.167. The molecule has 134 valence electrons. The lowest BCUT2D eigenvalue weighted by atomic mass is 10.2. The van der Waals surface area contributed by atoms with Crippen LogP contribution in [0.1, 0.15) is 19.4 Å². The summed E-state index contributed by atoms with van der Waals surface area (Å²) in [5.74, 6) is 1.24. The largest absolute Gasteiger partial charge is 0.497 e. The van der Waals surface area contributed by atoms with Gasteiger partial charge in [0.1, 0.15) is 16.5 Å². The van der Waals surface area contributed by atoms with Crippen LogP contribution in [-0.2, 0) is 10.0 Å². The van der Waals surface area contributed by atoms with Gasteiger partial charge in [-0.15, -0.1) is 0 Å². The maximum atomic E-state index is 12.4. The number of nitrogens with zero attached hydrogens (tertiary/aromatic N) is 3. The Kier molecular flexibility index (Phi) is 6.49. The predicted molar refractivity (Wildman–Crippen MR) is 98.6 cm³/mol. The smallest absolute Gasteiger partial charge is 0.244 e. The van der Waals surface area contributed by atoms with Crippen LogP contribution in [0, 0.1) is 0 Å². The first-order valence-electron chi connectivity index (χ1n) is 7.90. The van der Waals surface area contributed by atoms with Gasteiger partial charge in [0.2, 0.25) is 10.0 Å². The fourth-order valence-electron chi connectivity index (χ4n) is 2.17. The Hall–Kier alpha value is -2.45. The molecule has 1 aromatic carbocycles. The molecular weight excluding hydrogens is 340 g/mol. The van der Waals surface area contributed by atoms with Crippen molar-refractivity contribution in [2.45, 2.75) is 18.7 Å². The lowest BCUT2D eigenvalue weighted by Crippen LogP contribution is -2.30. The summed E-state index contributed by atoms with van der Waals surface area (Å²) in [4.78, 5) is 4.27. The van der Waals surface area contributed by atoms with Gasteiger partial charge in [0.25, 0.3) is 0 Å². The molecule has 0 unspecified atom stereocenters. The van der Waals surface area contributed by atoms with E-state index < -0.39 is 10.0 Å². The van der Waals surface area contributed by atoms with Crippen molar-refractivity contribution >= 4 is 22.1 Å². The summed E-state index contributed by atoms with van der Waals surface area (Å²) in [6.07, 6.45) is 2.97. The molecule has 0 aliphatic heterocycles. The number of hydrogen-bond donors (Lipinski definition) is 1. The second-order valence-corrected chi connectivity index (χ2v) is 7.05. The van der Waals surface area contributed by atoms with Crippen molar-refractivity contribution in [2.24, 2.45) is 5.10 Å². The molecule has 1 N–H and O–H groups in total. The summed E-state index contributed by atoms with van der Waals surface area (Å²) in [5, 5.41) is 4.09. The van der Waals surface area contributed by atoms with Crippen LogP contribution >= 0.6 is 0 Å². The average molecular weight is 362 g/mol. The first-order valence-corrected chi connectivity index (χ1v) is 9.34. The van der Waals surface area contributed by atoms with Gasteiger partial charge >= 0.3 is 0 Å². The van der Waals surface area contributed by atoms with E-state index in [1.807, 2.05) is 24.3 Å². The summed E-state index contributed by atoms with van der Waals surface area (Å²) < 4.78 is 31.2. The molecule has 7 nitrogen and oxygen atoms in total. The summed E-state index contributed by atoms with van der Waals surface area (Å²) in [5.41, 5.74) is 3.67. The molecule has 0 atom stereocenters. The van der Waals surface area contributed by atoms with Gasteiger partial charge in [0.05, 0.1) is 13.3 Å². The first-order chi connectivity index (χ1) is 12.0. The number of sulfonamides is 1. The molecule has 0 radical (unpaired) electrons. The summed E-state index contributed by atoms with van der Waals surface area (Å²) in [6, 6.07) is 10.5. The van der Waals surface area contributed by atoms with Crippen LogP contribution in [0.15, 0.2) is 52.6 Å². The van der Waals surface area contributed by atoms with Gasteiger partial charge in [-0.25, -0.2) is 13.4 Å². The van der Waals surface area contributed by atoms with E-state index in [1.165, 1.54) is 16.6 Å². The normalized spacial score (nSPS) is 11.8. The highest BCUT2D eigenvalue weighted by Crippen LogP contribution is 2.16. The zero-order valence-corrected chi connectivity index (χ0v) is 15.3. The molecule has 1 aromatic heterocycles. The van der Waals surface area contributed by atoms with E-state index in [1.54, 1.807) is 33.2 Å². The average Bonchev–Trinajstić information content (AvgIpc) is 2.63. The van der Waals surface area contributed by atoms with Gasteiger partial charge in [-0.05, 0) is 42.0 Å². The highest BCUT2D eigenvalue weighted by atomic mass is 32.2. The molecule has 0 bridgehead atoms. The number of pyridine rings is 1. The van der Waals surface area contributed by atoms with Crippen molar-refractivity contribution in [1.82, 2.24) is 9.29 Å². The van der Waals surface area contributed by atoms with E-state index in [4.69, 9.17) is 4.74 Å². The van der Waals surface area contributed by atoms with Gasteiger partial charge in [-0.3, -0.25) is 5.43 Å². The summed E-state index contributed by atoms with van der Waals surface area (Å²) in [6.45, 7) is 4.45. The topological polar surface area (TPSA) is 83.9 Å². The van der Waals surface area contributed by atoms with Crippen molar-refractivity contribution in [1.29, 1.82) is 0 Å². The van der Waals surface area contributed by atoms with Crippen LogP contribution in [0.2, 0.25) is 0 Å². The zero-order valence-electron chi connectivity index (χ0n) is 14.5. The molecule has 2 rings (SSSR count). The van der Waals surface area contributed by atoms with Gasteiger partial charge < -0.3 is 4.74 Å². The first kappa shape index (κ1) is 18.9. The van der Waals surface area contributed by atoms with Crippen molar-refractivity contribution in [2.75, 3.05) is 25.6 Å². The van der Waals surface area contributed by atoms with Gasteiger partial charge in [-0.1, -0.05) is 13.8 Å².